The van der Waals surface area contributed by atoms with Crippen LogP contribution >= 0.6 is 11.6 Å². The van der Waals surface area contributed by atoms with Crippen molar-refractivity contribution in [3.05, 3.63) is 101 Å². The van der Waals surface area contributed by atoms with Crippen molar-refractivity contribution in [3.63, 3.8) is 0 Å². The molecule has 1 N–H and O–H groups in total. The lowest BCUT2D eigenvalue weighted by molar-refractivity contribution is 0.102. The van der Waals surface area contributed by atoms with Gasteiger partial charge in [-0.3, -0.25) is 4.79 Å². The fraction of sp³-hybridized carbons (Fsp3) is 0.0769. The second-order valence-corrected chi connectivity index (χ2v) is 8.18. The minimum atomic E-state index is -0.192. The number of nitrogens with one attached hydrogen (secondary N) is 1. The molecule has 9 heteroatoms. The lowest BCUT2D eigenvalue weighted by Crippen LogP contribution is -2.11. The van der Waals surface area contributed by atoms with Crippen LogP contribution in [0.3, 0.4) is 0 Å². The van der Waals surface area contributed by atoms with Crippen LogP contribution in [0.15, 0.2) is 89.8 Å². The van der Waals surface area contributed by atoms with E-state index in [0.717, 1.165) is 16.9 Å². The number of anilines is 1. The molecule has 35 heavy (non-hydrogen) atoms. The van der Waals surface area contributed by atoms with E-state index in [1.54, 1.807) is 37.7 Å². The van der Waals surface area contributed by atoms with Crippen molar-refractivity contribution < 1.29 is 14.1 Å². The number of ether oxygens (including phenoxy) is 1. The molecule has 0 aliphatic carbocycles. The zero-order valence-corrected chi connectivity index (χ0v) is 19.4. The van der Waals surface area contributed by atoms with Crippen LogP contribution in [-0.4, -0.2) is 32.7 Å². The average Bonchev–Trinajstić information content (AvgIpc) is 3.56. The van der Waals surface area contributed by atoms with Crippen LogP contribution in [0.25, 0.3) is 23.0 Å². The summed E-state index contributed by atoms with van der Waals surface area (Å²) in [5.41, 5.74) is 3.70. The summed E-state index contributed by atoms with van der Waals surface area (Å²) in [6.07, 6.45) is 3.56. The van der Waals surface area contributed by atoms with Gasteiger partial charge in [-0.1, -0.05) is 28.9 Å². The van der Waals surface area contributed by atoms with Crippen LogP contribution in [-0.2, 0) is 6.54 Å². The van der Waals surface area contributed by atoms with Gasteiger partial charge in [-0.15, -0.1) is 0 Å². The summed E-state index contributed by atoms with van der Waals surface area (Å²) in [5.74, 6) is 1.39. The zero-order valence-electron chi connectivity index (χ0n) is 18.7. The van der Waals surface area contributed by atoms with Gasteiger partial charge in [0.15, 0.2) is 0 Å². The summed E-state index contributed by atoms with van der Waals surface area (Å²) in [4.78, 5) is 21.2. The van der Waals surface area contributed by atoms with Crippen LogP contribution < -0.4 is 10.1 Å². The molecule has 0 aliphatic heterocycles. The highest BCUT2D eigenvalue weighted by atomic mass is 35.5. The van der Waals surface area contributed by atoms with Gasteiger partial charge < -0.3 is 19.1 Å². The number of benzene rings is 3. The molecule has 8 nitrogen and oxygen atoms in total. The number of amides is 1. The molecule has 0 aliphatic rings. The Labute approximate surface area is 206 Å². The van der Waals surface area contributed by atoms with E-state index >= 15 is 0 Å². The molecule has 0 saturated heterocycles. The SMILES string of the molecule is COc1ccc(-c2noc(-c3cn(Cc4ccc(NC(=O)c5ccc(Cl)cc5)cc4)cn3)n2)cc1. The van der Waals surface area contributed by atoms with Crippen molar-refractivity contribution in [3.8, 4) is 28.7 Å². The Hall–Kier alpha value is -4.43. The first-order valence-electron chi connectivity index (χ1n) is 10.7. The Bertz CT molecular complexity index is 1440. The van der Waals surface area contributed by atoms with E-state index in [1.807, 2.05) is 59.3 Å². The summed E-state index contributed by atoms with van der Waals surface area (Å²) < 4.78 is 12.5. The molecule has 5 rings (SSSR count). The van der Waals surface area contributed by atoms with E-state index in [4.69, 9.17) is 20.9 Å². The normalized spacial score (nSPS) is 10.8. The molecule has 0 bridgehead atoms. The van der Waals surface area contributed by atoms with Gasteiger partial charge >= 0.3 is 0 Å². The predicted molar refractivity (Wildman–Crippen MR) is 132 cm³/mol. The monoisotopic (exact) mass is 485 g/mol. The van der Waals surface area contributed by atoms with Gasteiger partial charge in [0.1, 0.15) is 11.4 Å². The maximum Gasteiger partial charge on any atom is 0.278 e. The second-order valence-electron chi connectivity index (χ2n) is 7.74. The van der Waals surface area contributed by atoms with E-state index in [1.165, 1.54) is 0 Å². The number of halogens is 1. The van der Waals surface area contributed by atoms with Gasteiger partial charge in [-0.05, 0) is 66.2 Å². The number of imidazole rings is 1. The van der Waals surface area contributed by atoms with Crippen molar-refractivity contribution >= 4 is 23.2 Å². The molecular formula is C26H20ClN5O3. The Kier molecular flexibility index (Phi) is 6.28. The van der Waals surface area contributed by atoms with Crippen molar-refractivity contribution in [2.75, 3.05) is 12.4 Å². The van der Waals surface area contributed by atoms with Gasteiger partial charge in [-0.2, -0.15) is 4.98 Å². The molecule has 5 aromatic rings. The van der Waals surface area contributed by atoms with Gasteiger partial charge in [0.25, 0.3) is 11.8 Å². The van der Waals surface area contributed by atoms with Gasteiger partial charge in [0.2, 0.25) is 5.82 Å². The zero-order chi connectivity index (χ0) is 24.2. The van der Waals surface area contributed by atoms with Gasteiger partial charge in [0.05, 0.1) is 13.4 Å². The summed E-state index contributed by atoms with van der Waals surface area (Å²) in [7, 11) is 1.62. The van der Waals surface area contributed by atoms with Crippen molar-refractivity contribution in [1.82, 2.24) is 19.7 Å². The summed E-state index contributed by atoms with van der Waals surface area (Å²) >= 11 is 5.88. The third-order valence-electron chi connectivity index (χ3n) is 5.31. The quantitative estimate of drug-likeness (QED) is 0.324. The topological polar surface area (TPSA) is 95.1 Å². The minimum Gasteiger partial charge on any atom is -0.497 e. The first kappa shape index (κ1) is 22.4. The molecule has 0 spiro atoms. The molecule has 0 fully saturated rings. The fourth-order valence-corrected chi connectivity index (χ4v) is 3.58. The van der Waals surface area contributed by atoms with Crippen molar-refractivity contribution in [1.29, 1.82) is 0 Å². The Morgan fingerprint density at radius 1 is 1.03 bits per heavy atom. The Morgan fingerprint density at radius 2 is 1.77 bits per heavy atom. The van der Waals surface area contributed by atoms with E-state index < -0.39 is 0 Å². The number of carbonyl (C=O) groups excluding carboxylic acids is 1. The van der Waals surface area contributed by atoms with Crippen LogP contribution in [0.1, 0.15) is 15.9 Å². The number of rotatable bonds is 7. The van der Waals surface area contributed by atoms with Crippen LogP contribution in [0.4, 0.5) is 5.69 Å². The van der Waals surface area contributed by atoms with Gasteiger partial charge in [0, 0.05) is 34.6 Å². The van der Waals surface area contributed by atoms with E-state index in [2.05, 4.69) is 20.4 Å². The highest BCUT2D eigenvalue weighted by molar-refractivity contribution is 6.30. The smallest absolute Gasteiger partial charge is 0.278 e. The molecule has 0 saturated carbocycles. The van der Waals surface area contributed by atoms with Gasteiger partial charge in [-0.25, -0.2) is 4.98 Å². The summed E-state index contributed by atoms with van der Waals surface area (Å²) in [6, 6.07) is 21.8. The standard InChI is InChI=1S/C26H20ClN5O3/c1-34-22-12-6-18(7-13-22)24-30-26(35-31-24)23-15-32(16-28-23)14-17-2-10-21(11-3-17)29-25(33)19-4-8-20(27)9-5-19/h2-13,15-16H,14H2,1H3,(H,29,33). The molecule has 0 unspecified atom stereocenters. The highest BCUT2D eigenvalue weighted by Crippen LogP contribution is 2.23. The first-order chi connectivity index (χ1) is 17.1. The largest absolute Gasteiger partial charge is 0.497 e. The minimum absolute atomic E-state index is 0.192. The van der Waals surface area contributed by atoms with Crippen molar-refractivity contribution in [2.24, 2.45) is 0 Å². The molecule has 3 aromatic carbocycles. The fourth-order valence-electron chi connectivity index (χ4n) is 3.45. The number of hydrogen-bond donors (Lipinski definition) is 1. The Balaban J connectivity index is 1.22. The Morgan fingerprint density at radius 3 is 2.49 bits per heavy atom. The van der Waals surface area contributed by atoms with Crippen LogP contribution in [0.2, 0.25) is 5.02 Å². The number of hydrogen-bond acceptors (Lipinski definition) is 6. The molecule has 2 aromatic heterocycles. The van der Waals surface area contributed by atoms with Crippen LogP contribution in [0.5, 0.6) is 5.75 Å². The lowest BCUT2D eigenvalue weighted by Gasteiger charge is -2.07. The molecule has 1 amide bonds. The lowest BCUT2D eigenvalue weighted by atomic mass is 10.2. The molecule has 0 radical (unpaired) electrons. The van der Waals surface area contributed by atoms with E-state index in [0.29, 0.717) is 40.2 Å². The highest BCUT2D eigenvalue weighted by Gasteiger charge is 2.13. The predicted octanol–water partition coefficient (Wildman–Crippen LogP) is 5.56. The summed E-state index contributed by atoms with van der Waals surface area (Å²) in [6.45, 7) is 0.595. The maximum atomic E-state index is 12.4. The molecule has 0 atom stereocenters. The number of methoxy groups -OCH3 is 1. The first-order valence-corrected chi connectivity index (χ1v) is 11.1. The number of aromatic nitrogens is 4. The van der Waals surface area contributed by atoms with Crippen molar-refractivity contribution in [2.45, 2.75) is 6.54 Å². The molecule has 2 heterocycles. The molecule has 174 valence electrons. The second kappa shape index (κ2) is 9.82. The maximum absolute atomic E-state index is 12.4. The van der Waals surface area contributed by atoms with E-state index in [-0.39, 0.29) is 5.91 Å². The van der Waals surface area contributed by atoms with E-state index in [9.17, 15) is 4.79 Å². The molecular weight excluding hydrogens is 466 g/mol. The van der Waals surface area contributed by atoms with Crippen LogP contribution in [0, 0.1) is 0 Å². The third kappa shape index (κ3) is 5.23. The number of carbonyl (C=O) groups is 1. The average molecular weight is 486 g/mol. The number of nitrogens with zero attached hydrogens (tertiary/aromatic N) is 4. The third-order valence-corrected chi connectivity index (χ3v) is 5.56. The summed E-state index contributed by atoms with van der Waals surface area (Å²) in [5, 5.41) is 7.52.